The number of anilines is 1. The average molecular weight is 297 g/mol. The summed E-state index contributed by atoms with van der Waals surface area (Å²) in [6, 6.07) is 0. The van der Waals surface area contributed by atoms with E-state index in [1.807, 2.05) is 0 Å². The Balaban J connectivity index is 2.02. The molecule has 0 bridgehead atoms. The summed E-state index contributed by atoms with van der Waals surface area (Å²) in [5, 5.41) is 4.85. The minimum Gasteiger partial charge on any atom is -0.469 e. The van der Waals surface area contributed by atoms with Crippen LogP contribution in [0.2, 0.25) is 0 Å². The Bertz CT molecular complexity index is 606. The summed E-state index contributed by atoms with van der Waals surface area (Å²) in [6.45, 7) is 1.77. The van der Waals surface area contributed by atoms with Gasteiger partial charge in [-0.1, -0.05) is 0 Å². The molecule has 0 aromatic carbocycles. The maximum atomic E-state index is 11.9. The predicted molar refractivity (Wildman–Crippen MR) is 72.6 cm³/mol. The van der Waals surface area contributed by atoms with E-state index in [-0.39, 0.29) is 18.3 Å². The molecular weight excluding hydrogens is 286 g/mol. The lowest BCUT2D eigenvalue weighted by Gasteiger charge is -1.99. The minimum atomic E-state index is -0.360. The largest absolute Gasteiger partial charge is 0.469 e. The number of nitrogens with zero attached hydrogens (tertiary/aromatic N) is 2. The van der Waals surface area contributed by atoms with Crippen LogP contribution in [0.4, 0.5) is 5.13 Å². The number of methoxy groups -OCH3 is 1. The van der Waals surface area contributed by atoms with E-state index < -0.39 is 0 Å². The molecule has 1 N–H and O–H groups in total. The quantitative estimate of drug-likeness (QED) is 0.871. The first-order valence-electron chi connectivity index (χ1n) is 5.33. The highest BCUT2D eigenvalue weighted by atomic mass is 32.1. The third-order valence-electron chi connectivity index (χ3n) is 2.28. The summed E-state index contributed by atoms with van der Waals surface area (Å²) < 4.78 is 4.55. The van der Waals surface area contributed by atoms with Crippen LogP contribution in [0.3, 0.4) is 0 Å². The first-order valence-corrected chi connectivity index (χ1v) is 7.08. The first kappa shape index (κ1) is 13.6. The Hall–Kier alpha value is -1.80. The highest BCUT2D eigenvalue weighted by Gasteiger charge is 2.14. The molecule has 0 aliphatic carbocycles. The molecule has 100 valence electrons. The fraction of sp³-hybridized carbons (Fsp3) is 0.273. The van der Waals surface area contributed by atoms with E-state index in [0.29, 0.717) is 21.4 Å². The third-order valence-corrected chi connectivity index (χ3v) is 4.01. The number of aromatic nitrogens is 2. The average Bonchev–Trinajstić information content (AvgIpc) is 2.98. The molecule has 2 heterocycles. The number of carbonyl (C=O) groups excluding carboxylic acids is 2. The van der Waals surface area contributed by atoms with Crippen LogP contribution in [0.5, 0.6) is 0 Å². The van der Waals surface area contributed by atoms with Gasteiger partial charge in [0, 0.05) is 5.38 Å². The molecule has 8 heteroatoms. The lowest BCUT2D eigenvalue weighted by atomic mass is 10.3. The molecular formula is C11H11N3O3S2. The highest BCUT2D eigenvalue weighted by Crippen LogP contribution is 2.19. The van der Waals surface area contributed by atoms with E-state index in [0.717, 1.165) is 0 Å². The number of rotatable bonds is 4. The van der Waals surface area contributed by atoms with Crippen LogP contribution in [0.25, 0.3) is 0 Å². The van der Waals surface area contributed by atoms with Gasteiger partial charge in [0.05, 0.1) is 30.4 Å². The van der Waals surface area contributed by atoms with Gasteiger partial charge < -0.3 is 4.74 Å². The van der Waals surface area contributed by atoms with Crippen molar-refractivity contribution in [2.45, 2.75) is 13.3 Å². The van der Waals surface area contributed by atoms with E-state index in [1.54, 1.807) is 17.8 Å². The molecule has 0 saturated heterocycles. The molecule has 0 atom stereocenters. The fourth-order valence-corrected chi connectivity index (χ4v) is 2.74. The van der Waals surface area contributed by atoms with Gasteiger partial charge in [-0.15, -0.1) is 22.7 Å². The SMILES string of the molecule is COC(=O)Cc1csc(NC(=O)c2scnc2C)n1. The second kappa shape index (κ2) is 5.89. The molecule has 0 aliphatic heterocycles. The highest BCUT2D eigenvalue weighted by molar-refractivity contribution is 7.14. The van der Waals surface area contributed by atoms with Crippen LogP contribution in [-0.4, -0.2) is 29.0 Å². The second-order valence-electron chi connectivity index (χ2n) is 3.62. The van der Waals surface area contributed by atoms with Gasteiger partial charge in [0.15, 0.2) is 5.13 Å². The molecule has 6 nitrogen and oxygen atoms in total. The van der Waals surface area contributed by atoms with E-state index in [1.165, 1.54) is 29.8 Å². The molecule has 0 spiro atoms. The van der Waals surface area contributed by atoms with Crippen molar-refractivity contribution in [3.8, 4) is 0 Å². The molecule has 0 aliphatic rings. The molecule has 2 aromatic heterocycles. The summed E-state index contributed by atoms with van der Waals surface area (Å²) in [5.41, 5.74) is 2.89. The monoisotopic (exact) mass is 297 g/mol. The van der Waals surface area contributed by atoms with E-state index in [2.05, 4.69) is 20.0 Å². The van der Waals surface area contributed by atoms with Crippen molar-refractivity contribution in [2.75, 3.05) is 12.4 Å². The number of nitrogens with one attached hydrogen (secondary N) is 1. The van der Waals surface area contributed by atoms with Crippen molar-refractivity contribution in [1.29, 1.82) is 0 Å². The normalized spacial score (nSPS) is 10.2. The molecule has 0 unspecified atom stereocenters. The van der Waals surface area contributed by atoms with Crippen LogP contribution < -0.4 is 5.32 Å². The van der Waals surface area contributed by atoms with Gasteiger partial charge in [0.25, 0.3) is 5.91 Å². The minimum absolute atomic E-state index is 0.0997. The number of hydrogen-bond acceptors (Lipinski definition) is 7. The summed E-state index contributed by atoms with van der Waals surface area (Å²) in [7, 11) is 1.32. The van der Waals surface area contributed by atoms with Crippen molar-refractivity contribution in [1.82, 2.24) is 9.97 Å². The Kier molecular flexibility index (Phi) is 4.23. The number of esters is 1. The molecule has 0 saturated carbocycles. The van der Waals surface area contributed by atoms with Gasteiger partial charge in [-0.3, -0.25) is 14.9 Å². The zero-order chi connectivity index (χ0) is 13.8. The van der Waals surface area contributed by atoms with E-state index >= 15 is 0 Å². The predicted octanol–water partition coefficient (Wildman–Crippen LogP) is 1.88. The van der Waals surface area contributed by atoms with Gasteiger partial charge >= 0.3 is 5.97 Å². The number of amides is 1. The van der Waals surface area contributed by atoms with Gasteiger partial charge in [0.2, 0.25) is 0 Å². The molecule has 0 fully saturated rings. The number of thiazole rings is 2. The summed E-state index contributed by atoms with van der Waals surface area (Å²) in [4.78, 5) is 31.7. The maximum Gasteiger partial charge on any atom is 0.311 e. The summed E-state index contributed by atoms with van der Waals surface area (Å²) >= 11 is 2.54. The second-order valence-corrected chi connectivity index (χ2v) is 5.33. The van der Waals surface area contributed by atoms with Crippen LogP contribution in [0, 0.1) is 6.92 Å². The van der Waals surface area contributed by atoms with Gasteiger partial charge in [-0.05, 0) is 6.92 Å². The third kappa shape index (κ3) is 3.36. The Morgan fingerprint density at radius 2 is 2.21 bits per heavy atom. The lowest BCUT2D eigenvalue weighted by molar-refractivity contribution is -0.139. The van der Waals surface area contributed by atoms with E-state index in [9.17, 15) is 9.59 Å². The smallest absolute Gasteiger partial charge is 0.311 e. The van der Waals surface area contributed by atoms with Crippen LogP contribution >= 0.6 is 22.7 Å². The Labute approximate surface area is 117 Å². The van der Waals surface area contributed by atoms with Gasteiger partial charge in [-0.25, -0.2) is 9.97 Å². The summed E-state index contributed by atoms with van der Waals surface area (Å²) in [6.07, 6.45) is 0.0997. The van der Waals surface area contributed by atoms with Crippen molar-refractivity contribution < 1.29 is 14.3 Å². The first-order chi connectivity index (χ1) is 9.10. The van der Waals surface area contributed by atoms with Crippen LogP contribution in [-0.2, 0) is 16.0 Å². The fourth-order valence-electron chi connectivity index (χ4n) is 1.34. The number of carbonyl (C=O) groups is 2. The Morgan fingerprint density at radius 3 is 2.84 bits per heavy atom. The molecule has 2 aromatic rings. The standard InChI is InChI=1S/C11H11N3O3S2/c1-6-9(19-5-12-6)10(16)14-11-13-7(4-18-11)3-8(15)17-2/h4-5H,3H2,1-2H3,(H,13,14,16). The molecule has 2 rings (SSSR count). The molecule has 0 radical (unpaired) electrons. The number of aryl methyl sites for hydroxylation is 1. The van der Waals surface area contributed by atoms with Crippen LogP contribution in [0.1, 0.15) is 21.1 Å². The topological polar surface area (TPSA) is 81.2 Å². The van der Waals surface area contributed by atoms with E-state index in [4.69, 9.17) is 0 Å². The molecule has 19 heavy (non-hydrogen) atoms. The maximum absolute atomic E-state index is 11.9. The molecule has 1 amide bonds. The Morgan fingerprint density at radius 1 is 1.42 bits per heavy atom. The zero-order valence-electron chi connectivity index (χ0n) is 10.3. The number of hydrogen-bond donors (Lipinski definition) is 1. The number of ether oxygens (including phenoxy) is 1. The zero-order valence-corrected chi connectivity index (χ0v) is 11.9. The van der Waals surface area contributed by atoms with Crippen molar-refractivity contribution in [3.63, 3.8) is 0 Å². The van der Waals surface area contributed by atoms with Crippen LogP contribution in [0.15, 0.2) is 10.9 Å². The van der Waals surface area contributed by atoms with Crippen molar-refractivity contribution in [2.24, 2.45) is 0 Å². The van der Waals surface area contributed by atoms with Crippen molar-refractivity contribution >= 4 is 39.7 Å². The van der Waals surface area contributed by atoms with Crippen molar-refractivity contribution in [3.05, 3.63) is 27.2 Å². The lowest BCUT2D eigenvalue weighted by Crippen LogP contribution is -2.11. The summed E-state index contributed by atoms with van der Waals surface area (Å²) in [5.74, 6) is -0.597. The van der Waals surface area contributed by atoms with Gasteiger partial charge in [-0.2, -0.15) is 0 Å². The van der Waals surface area contributed by atoms with Gasteiger partial charge in [0.1, 0.15) is 4.88 Å².